The molecule has 0 aromatic heterocycles. The van der Waals surface area contributed by atoms with E-state index in [1.165, 1.54) is 17.0 Å². The molecule has 3 rings (SSSR count). The van der Waals surface area contributed by atoms with Crippen molar-refractivity contribution in [1.29, 1.82) is 0 Å². The number of nitrogens with zero attached hydrogens (tertiary/aromatic N) is 1. The fourth-order valence-electron chi connectivity index (χ4n) is 3.58. The maximum Gasteiger partial charge on any atom is 0.295 e. The van der Waals surface area contributed by atoms with E-state index in [2.05, 4.69) is 0 Å². The lowest BCUT2D eigenvalue weighted by Gasteiger charge is -2.25. The zero-order chi connectivity index (χ0) is 22.5. The molecular formula is C23H23Cl2NO5. The number of halogens is 2. The number of carbonyl (C=O) groups excluding carboxylic acids is 2. The lowest BCUT2D eigenvalue weighted by atomic mass is 9.95. The van der Waals surface area contributed by atoms with E-state index in [1.54, 1.807) is 37.4 Å². The Hall–Kier alpha value is -2.54. The Labute approximate surface area is 191 Å². The fraction of sp³-hybridized carbons (Fsp3) is 0.304. The van der Waals surface area contributed by atoms with Crippen LogP contribution in [-0.2, 0) is 14.3 Å². The van der Waals surface area contributed by atoms with Crippen molar-refractivity contribution in [2.45, 2.75) is 19.4 Å². The molecule has 1 atom stereocenters. The highest BCUT2D eigenvalue weighted by atomic mass is 35.5. The summed E-state index contributed by atoms with van der Waals surface area (Å²) < 4.78 is 10.7. The first-order valence-electron chi connectivity index (χ1n) is 9.84. The highest BCUT2D eigenvalue weighted by molar-refractivity contribution is 6.46. The predicted molar refractivity (Wildman–Crippen MR) is 120 cm³/mol. The fourth-order valence-corrected chi connectivity index (χ4v) is 3.87. The molecule has 8 heteroatoms. The summed E-state index contributed by atoms with van der Waals surface area (Å²) in [6.45, 7) is 3.07. The molecule has 0 bridgehead atoms. The van der Waals surface area contributed by atoms with E-state index in [9.17, 15) is 14.7 Å². The van der Waals surface area contributed by atoms with Crippen LogP contribution in [0.15, 0.2) is 48.0 Å². The zero-order valence-corrected chi connectivity index (χ0v) is 18.7. The maximum absolute atomic E-state index is 13.0. The molecule has 1 aliphatic rings. The molecule has 0 aliphatic carbocycles. The minimum atomic E-state index is -0.772. The van der Waals surface area contributed by atoms with Gasteiger partial charge in [0.05, 0.1) is 28.3 Å². The first kappa shape index (κ1) is 23.1. The Kier molecular flexibility index (Phi) is 7.59. The summed E-state index contributed by atoms with van der Waals surface area (Å²) in [5.74, 6) is -1.13. The normalized spacial score (nSPS) is 17.9. The average molecular weight is 464 g/mol. The zero-order valence-electron chi connectivity index (χ0n) is 17.2. The van der Waals surface area contributed by atoms with E-state index in [1.807, 2.05) is 6.92 Å². The molecule has 0 saturated carbocycles. The summed E-state index contributed by atoms with van der Waals surface area (Å²) in [4.78, 5) is 27.3. The van der Waals surface area contributed by atoms with Crippen molar-refractivity contribution in [3.8, 4) is 5.75 Å². The molecule has 2 aromatic carbocycles. The number of rotatable bonds is 8. The molecule has 1 fully saturated rings. The van der Waals surface area contributed by atoms with Crippen LogP contribution >= 0.6 is 23.2 Å². The highest BCUT2D eigenvalue weighted by Gasteiger charge is 2.45. The van der Waals surface area contributed by atoms with E-state index in [-0.39, 0.29) is 16.4 Å². The van der Waals surface area contributed by atoms with Crippen LogP contribution < -0.4 is 4.74 Å². The van der Waals surface area contributed by atoms with Crippen LogP contribution in [0.1, 0.15) is 30.5 Å². The number of ether oxygens (including phenoxy) is 2. The second kappa shape index (κ2) is 10.2. The molecular weight excluding hydrogens is 441 g/mol. The summed E-state index contributed by atoms with van der Waals surface area (Å²) in [6, 6.07) is 10.9. The first-order valence-corrected chi connectivity index (χ1v) is 10.6. The van der Waals surface area contributed by atoms with Crippen molar-refractivity contribution in [3.05, 3.63) is 69.2 Å². The number of aliphatic hydroxyl groups is 1. The van der Waals surface area contributed by atoms with Crippen LogP contribution in [0.3, 0.4) is 0 Å². The number of amides is 1. The summed E-state index contributed by atoms with van der Waals surface area (Å²) >= 11 is 12.1. The van der Waals surface area contributed by atoms with Gasteiger partial charge < -0.3 is 19.5 Å². The summed E-state index contributed by atoms with van der Waals surface area (Å²) in [7, 11) is 1.57. The molecule has 1 saturated heterocycles. The minimum Gasteiger partial charge on any atom is -0.507 e. The molecule has 1 heterocycles. The van der Waals surface area contributed by atoms with E-state index in [4.69, 9.17) is 32.7 Å². The van der Waals surface area contributed by atoms with E-state index >= 15 is 0 Å². The molecule has 164 valence electrons. The van der Waals surface area contributed by atoms with Crippen molar-refractivity contribution in [1.82, 2.24) is 4.90 Å². The number of ketones is 1. The van der Waals surface area contributed by atoms with Gasteiger partial charge in [-0.2, -0.15) is 0 Å². The lowest BCUT2D eigenvalue weighted by molar-refractivity contribution is -0.140. The van der Waals surface area contributed by atoms with Gasteiger partial charge in [-0.25, -0.2) is 0 Å². The average Bonchev–Trinajstić information content (AvgIpc) is 3.01. The smallest absolute Gasteiger partial charge is 0.295 e. The summed E-state index contributed by atoms with van der Waals surface area (Å²) in [5.41, 5.74) is 0.953. The van der Waals surface area contributed by atoms with E-state index in [0.717, 1.165) is 0 Å². The molecule has 2 aromatic rings. The second-order valence-electron chi connectivity index (χ2n) is 6.97. The SMILES string of the molecule is CCOc1cccc(C2/C(=C(/O)c3ccc(Cl)c(Cl)c3)C(=O)C(=O)N2CCCOC)c1. The third-order valence-electron chi connectivity index (χ3n) is 4.97. The van der Waals surface area contributed by atoms with Crippen molar-refractivity contribution in [2.75, 3.05) is 26.9 Å². The van der Waals surface area contributed by atoms with Gasteiger partial charge in [-0.15, -0.1) is 0 Å². The molecule has 1 amide bonds. The van der Waals surface area contributed by atoms with Crippen LogP contribution in [0.5, 0.6) is 5.75 Å². The van der Waals surface area contributed by atoms with Gasteiger partial charge in [0.2, 0.25) is 0 Å². The number of carbonyl (C=O) groups is 2. The molecule has 1 N–H and O–H groups in total. The number of aliphatic hydroxyl groups excluding tert-OH is 1. The predicted octanol–water partition coefficient (Wildman–Crippen LogP) is 4.85. The molecule has 6 nitrogen and oxygen atoms in total. The van der Waals surface area contributed by atoms with Gasteiger partial charge in [-0.05, 0) is 49.2 Å². The number of benzene rings is 2. The summed E-state index contributed by atoms with van der Waals surface area (Å²) in [5, 5.41) is 11.6. The Morgan fingerprint density at radius 2 is 1.90 bits per heavy atom. The lowest BCUT2D eigenvalue weighted by Crippen LogP contribution is -2.31. The van der Waals surface area contributed by atoms with Gasteiger partial charge in [-0.1, -0.05) is 35.3 Å². The van der Waals surface area contributed by atoms with E-state index in [0.29, 0.717) is 48.1 Å². The van der Waals surface area contributed by atoms with Crippen LogP contribution in [0.4, 0.5) is 0 Å². The Morgan fingerprint density at radius 3 is 2.58 bits per heavy atom. The van der Waals surface area contributed by atoms with Gasteiger partial charge in [0.25, 0.3) is 11.7 Å². The third-order valence-corrected chi connectivity index (χ3v) is 5.70. The molecule has 1 unspecified atom stereocenters. The largest absolute Gasteiger partial charge is 0.507 e. The van der Waals surface area contributed by atoms with Crippen molar-refractivity contribution in [2.24, 2.45) is 0 Å². The van der Waals surface area contributed by atoms with Gasteiger partial charge >= 0.3 is 0 Å². The third kappa shape index (κ3) is 4.87. The van der Waals surface area contributed by atoms with Gasteiger partial charge in [0.1, 0.15) is 11.5 Å². The number of likely N-dealkylation sites (tertiary alicyclic amines) is 1. The summed E-state index contributed by atoms with van der Waals surface area (Å²) in [6.07, 6.45) is 0.540. The van der Waals surface area contributed by atoms with Crippen LogP contribution in [0.2, 0.25) is 10.0 Å². The highest BCUT2D eigenvalue weighted by Crippen LogP contribution is 2.40. The molecule has 0 spiro atoms. The Bertz CT molecular complexity index is 1020. The van der Waals surface area contributed by atoms with Gasteiger partial charge in [0, 0.05) is 25.8 Å². The van der Waals surface area contributed by atoms with Crippen molar-refractivity contribution in [3.63, 3.8) is 0 Å². The number of hydrogen-bond donors (Lipinski definition) is 1. The van der Waals surface area contributed by atoms with Gasteiger partial charge in [-0.3, -0.25) is 9.59 Å². The quantitative estimate of drug-likeness (QED) is 0.262. The topological polar surface area (TPSA) is 76.1 Å². The molecule has 0 radical (unpaired) electrons. The molecule has 31 heavy (non-hydrogen) atoms. The van der Waals surface area contributed by atoms with E-state index < -0.39 is 17.7 Å². The number of Topliss-reactive ketones (excluding diaryl/α,β-unsaturated/α-hetero) is 1. The second-order valence-corrected chi connectivity index (χ2v) is 7.79. The van der Waals surface area contributed by atoms with Crippen molar-refractivity contribution < 1.29 is 24.2 Å². The van der Waals surface area contributed by atoms with Gasteiger partial charge in [0.15, 0.2) is 0 Å². The van der Waals surface area contributed by atoms with Crippen LogP contribution in [-0.4, -0.2) is 48.6 Å². The standard InChI is InChI=1S/C23H23Cl2NO5/c1-3-31-16-7-4-6-14(12-16)20-19(21(27)15-8-9-17(24)18(25)13-15)22(28)23(29)26(20)10-5-11-30-2/h4,6-9,12-13,20,27H,3,5,10-11H2,1-2H3/b21-19-. The maximum atomic E-state index is 13.0. The number of hydrogen-bond acceptors (Lipinski definition) is 5. The Balaban J connectivity index is 2.14. The van der Waals surface area contributed by atoms with Crippen LogP contribution in [0, 0.1) is 0 Å². The monoisotopic (exact) mass is 463 g/mol. The minimum absolute atomic E-state index is 0.00513. The first-order chi connectivity index (χ1) is 14.9. The van der Waals surface area contributed by atoms with Crippen LogP contribution in [0.25, 0.3) is 5.76 Å². The molecule has 1 aliphatic heterocycles. The number of methoxy groups -OCH3 is 1. The Morgan fingerprint density at radius 1 is 1.13 bits per heavy atom. The van der Waals surface area contributed by atoms with Crippen molar-refractivity contribution >= 4 is 40.7 Å².